The van der Waals surface area contributed by atoms with Gasteiger partial charge in [0, 0.05) is 36.6 Å². The fourth-order valence-electron chi connectivity index (χ4n) is 3.22. The van der Waals surface area contributed by atoms with Gasteiger partial charge >= 0.3 is 0 Å². The first-order valence-corrected chi connectivity index (χ1v) is 7.07. The molecule has 18 heavy (non-hydrogen) atoms. The molecule has 1 N–H and O–H groups in total. The van der Waals surface area contributed by atoms with E-state index in [-0.39, 0.29) is 0 Å². The normalized spacial score (nSPS) is 26.0. The second kappa shape index (κ2) is 4.84. The van der Waals surface area contributed by atoms with Crippen LogP contribution in [0.25, 0.3) is 0 Å². The van der Waals surface area contributed by atoms with Crippen molar-refractivity contribution in [3.8, 4) is 0 Å². The number of hydrogen-bond donors (Lipinski definition) is 1. The topological polar surface area (TPSA) is 41.1 Å². The summed E-state index contributed by atoms with van der Waals surface area (Å²) in [6.07, 6.45) is 6.07. The molecule has 1 saturated heterocycles. The third kappa shape index (κ3) is 2.09. The third-order valence-corrected chi connectivity index (χ3v) is 4.30. The highest BCUT2D eigenvalue weighted by Crippen LogP contribution is 2.38. The Balaban J connectivity index is 1.76. The lowest BCUT2D eigenvalue weighted by Crippen LogP contribution is -2.33. The first kappa shape index (κ1) is 11.9. The summed E-state index contributed by atoms with van der Waals surface area (Å²) in [4.78, 5) is 11.7. The average Bonchev–Trinajstić information content (AvgIpc) is 2.99. The summed E-state index contributed by atoms with van der Waals surface area (Å²) in [7, 11) is 0. The Labute approximate surface area is 109 Å². The number of hydrogen-bond acceptors (Lipinski definition) is 4. The van der Waals surface area contributed by atoms with Crippen molar-refractivity contribution in [2.75, 3.05) is 18.0 Å². The first-order chi connectivity index (χ1) is 8.78. The molecule has 2 aliphatic rings. The van der Waals surface area contributed by atoms with Crippen molar-refractivity contribution in [2.45, 2.75) is 45.7 Å². The van der Waals surface area contributed by atoms with E-state index >= 15 is 0 Å². The van der Waals surface area contributed by atoms with E-state index < -0.39 is 0 Å². The lowest BCUT2D eigenvalue weighted by molar-refractivity contribution is 0.545. The number of aryl methyl sites for hydroxylation is 1. The molecule has 0 radical (unpaired) electrons. The molecule has 0 amide bonds. The molecule has 1 aromatic heterocycles. The maximum Gasteiger partial charge on any atom is 0.225 e. The highest BCUT2D eigenvalue weighted by atomic mass is 15.3. The third-order valence-electron chi connectivity index (χ3n) is 4.30. The van der Waals surface area contributed by atoms with Gasteiger partial charge in [-0.05, 0) is 38.6 Å². The molecule has 1 saturated carbocycles. The zero-order valence-electron chi connectivity index (χ0n) is 11.3. The Morgan fingerprint density at radius 3 is 2.94 bits per heavy atom. The van der Waals surface area contributed by atoms with Crippen molar-refractivity contribution in [3.05, 3.63) is 17.5 Å². The maximum atomic E-state index is 4.70. The van der Waals surface area contributed by atoms with E-state index in [1.165, 1.54) is 24.8 Å². The smallest absolute Gasteiger partial charge is 0.225 e. The van der Waals surface area contributed by atoms with E-state index in [2.05, 4.69) is 29.0 Å². The molecule has 2 heterocycles. The van der Waals surface area contributed by atoms with Crippen LogP contribution in [0.1, 0.15) is 37.4 Å². The van der Waals surface area contributed by atoms with Gasteiger partial charge in [-0.2, -0.15) is 0 Å². The molecule has 2 atom stereocenters. The summed E-state index contributed by atoms with van der Waals surface area (Å²) in [6.45, 7) is 7.22. The van der Waals surface area contributed by atoms with Gasteiger partial charge < -0.3 is 10.2 Å². The average molecular weight is 246 g/mol. The van der Waals surface area contributed by atoms with Gasteiger partial charge in [0.2, 0.25) is 5.95 Å². The van der Waals surface area contributed by atoms with E-state index in [9.17, 15) is 0 Å². The minimum absolute atomic E-state index is 0.703. The Hall–Kier alpha value is -1.16. The zero-order valence-corrected chi connectivity index (χ0v) is 11.3. The second-order valence-electron chi connectivity index (χ2n) is 5.55. The van der Waals surface area contributed by atoms with Crippen LogP contribution < -0.4 is 10.2 Å². The molecule has 2 unspecified atom stereocenters. The van der Waals surface area contributed by atoms with E-state index in [1.54, 1.807) is 0 Å². The summed E-state index contributed by atoms with van der Waals surface area (Å²) >= 11 is 0. The Morgan fingerprint density at radius 2 is 2.33 bits per heavy atom. The number of fused-ring (bicyclic) bond motifs is 2. The Morgan fingerprint density at radius 1 is 1.44 bits per heavy atom. The molecule has 0 aromatic carbocycles. The Kier molecular flexibility index (Phi) is 3.20. The van der Waals surface area contributed by atoms with Crippen molar-refractivity contribution in [1.29, 1.82) is 0 Å². The van der Waals surface area contributed by atoms with Gasteiger partial charge in [0.15, 0.2) is 0 Å². The Bertz CT molecular complexity index is 432. The predicted octanol–water partition coefficient (Wildman–Crippen LogP) is 1.88. The van der Waals surface area contributed by atoms with E-state index in [4.69, 9.17) is 4.98 Å². The molecular formula is C14H22N4. The highest BCUT2D eigenvalue weighted by Gasteiger charge is 2.38. The predicted molar refractivity (Wildman–Crippen MR) is 72.6 cm³/mol. The van der Waals surface area contributed by atoms with Gasteiger partial charge in [0.1, 0.15) is 0 Å². The number of rotatable bonds is 4. The van der Waals surface area contributed by atoms with Crippen LogP contribution in [0.15, 0.2) is 6.20 Å². The van der Waals surface area contributed by atoms with Crippen LogP contribution >= 0.6 is 0 Å². The number of piperidine rings is 1. The van der Waals surface area contributed by atoms with Gasteiger partial charge in [0.05, 0.1) is 0 Å². The van der Waals surface area contributed by atoms with Gasteiger partial charge in [-0.1, -0.05) is 6.92 Å². The van der Waals surface area contributed by atoms with Crippen molar-refractivity contribution >= 4 is 5.95 Å². The maximum absolute atomic E-state index is 4.70. The van der Waals surface area contributed by atoms with Crippen LogP contribution in [-0.2, 0) is 6.54 Å². The minimum atomic E-state index is 0.703. The van der Waals surface area contributed by atoms with E-state index in [0.29, 0.717) is 6.04 Å². The van der Waals surface area contributed by atoms with Crippen molar-refractivity contribution in [1.82, 2.24) is 15.3 Å². The molecule has 1 aliphatic heterocycles. The summed E-state index contributed by atoms with van der Waals surface area (Å²) in [5.41, 5.74) is 2.33. The number of anilines is 1. The van der Waals surface area contributed by atoms with Crippen molar-refractivity contribution in [2.24, 2.45) is 5.92 Å². The molecule has 4 heteroatoms. The molecule has 0 spiro atoms. The van der Waals surface area contributed by atoms with Crippen LogP contribution in [0.5, 0.6) is 0 Å². The number of aromatic nitrogens is 2. The minimum Gasteiger partial charge on any atom is -0.338 e. The largest absolute Gasteiger partial charge is 0.338 e. The van der Waals surface area contributed by atoms with Crippen molar-refractivity contribution < 1.29 is 0 Å². The monoisotopic (exact) mass is 246 g/mol. The molecule has 2 bridgehead atoms. The first-order valence-electron chi connectivity index (χ1n) is 7.07. The summed E-state index contributed by atoms with van der Waals surface area (Å²) in [5.74, 6) is 1.83. The SMILES string of the molecule is CCNCc1cnc(N2CC3CCC2C3)nc1C. The van der Waals surface area contributed by atoms with Crippen molar-refractivity contribution in [3.63, 3.8) is 0 Å². The zero-order chi connectivity index (χ0) is 12.5. The summed E-state index contributed by atoms with van der Waals surface area (Å²) in [6, 6.07) is 0.703. The molecular weight excluding hydrogens is 224 g/mol. The lowest BCUT2D eigenvalue weighted by atomic mass is 10.1. The number of nitrogens with zero attached hydrogens (tertiary/aromatic N) is 3. The van der Waals surface area contributed by atoms with Crippen LogP contribution in [0, 0.1) is 12.8 Å². The van der Waals surface area contributed by atoms with Gasteiger partial charge in [-0.3, -0.25) is 0 Å². The van der Waals surface area contributed by atoms with Crippen LogP contribution in [0.2, 0.25) is 0 Å². The van der Waals surface area contributed by atoms with Gasteiger partial charge in [-0.15, -0.1) is 0 Å². The molecule has 98 valence electrons. The molecule has 2 fully saturated rings. The summed E-state index contributed by atoms with van der Waals surface area (Å²) < 4.78 is 0. The van der Waals surface area contributed by atoms with Crippen LogP contribution in [-0.4, -0.2) is 29.1 Å². The molecule has 1 aliphatic carbocycles. The van der Waals surface area contributed by atoms with E-state index in [0.717, 1.165) is 37.2 Å². The fourth-order valence-corrected chi connectivity index (χ4v) is 3.22. The molecule has 3 rings (SSSR count). The highest BCUT2D eigenvalue weighted by molar-refractivity contribution is 5.37. The fraction of sp³-hybridized carbons (Fsp3) is 0.714. The van der Waals surface area contributed by atoms with Crippen LogP contribution in [0.3, 0.4) is 0 Å². The van der Waals surface area contributed by atoms with Gasteiger partial charge in [0.25, 0.3) is 0 Å². The lowest BCUT2D eigenvalue weighted by Gasteiger charge is -2.27. The summed E-state index contributed by atoms with van der Waals surface area (Å²) in [5, 5.41) is 3.33. The van der Waals surface area contributed by atoms with Gasteiger partial charge in [-0.25, -0.2) is 9.97 Å². The second-order valence-corrected chi connectivity index (χ2v) is 5.55. The quantitative estimate of drug-likeness (QED) is 0.880. The van der Waals surface area contributed by atoms with E-state index in [1.807, 2.05) is 6.20 Å². The number of nitrogens with one attached hydrogen (secondary N) is 1. The molecule has 1 aromatic rings. The van der Waals surface area contributed by atoms with Crippen LogP contribution in [0.4, 0.5) is 5.95 Å². The molecule has 4 nitrogen and oxygen atoms in total. The standard InChI is InChI=1S/C14H22N4/c1-3-15-7-12-8-16-14(17-10(12)2)18-9-11-4-5-13(18)6-11/h8,11,13,15H,3-7,9H2,1-2H3.